The second-order valence-corrected chi connectivity index (χ2v) is 6.00. The van der Waals surface area contributed by atoms with Crippen molar-refractivity contribution in [3.63, 3.8) is 0 Å². The maximum Gasteiger partial charge on any atom is 0.151 e. The van der Waals surface area contributed by atoms with E-state index in [0.717, 1.165) is 35.0 Å². The molecule has 2 aromatic rings. The average molecular weight is 284 g/mol. The maximum atomic E-state index is 6.02. The Balaban J connectivity index is 1.97. The topological polar surface area (TPSA) is 55.0 Å². The molecule has 0 amide bonds. The average Bonchev–Trinajstić information content (AvgIpc) is 2.53. The molecule has 0 saturated carbocycles. The third kappa shape index (κ3) is 2.72. The van der Waals surface area contributed by atoms with Crippen molar-refractivity contribution >= 4 is 16.9 Å². The van der Waals surface area contributed by atoms with Crippen molar-refractivity contribution in [2.75, 3.05) is 18.0 Å². The molecular formula is C17H24N4. The highest BCUT2D eigenvalue weighted by atomic mass is 15.2. The molecule has 0 aliphatic carbocycles. The molecule has 0 bridgehead atoms. The Hall–Kier alpha value is -1.68. The summed E-state index contributed by atoms with van der Waals surface area (Å²) >= 11 is 0. The van der Waals surface area contributed by atoms with Gasteiger partial charge in [-0.1, -0.05) is 25.5 Å². The van der Waals surface area contributed by atoms with Crippen molar-refractivity contribution in [2.24, 2.45) is 11.7 Å². The zero-order valence-corrected chi connectivity index (χ0v) is 12.9. The highest BCUT2D eigenvalue weighted by Crippen LogP contribution is 2.30. The Morgan fingerprint density at radius 2 is 1.95 bits per heavy atom. The van der Waals surface area contributed by atoms with E-state index in [1.54, 1.807) is 0 Å². The van der Waals surface area contributed by atoms with Gasteiger partial charge >= 0.3 is 0 Å². The van der Waals surface area contributed by atoms with E-state index in [4.69, 9.17) is 15.7 Å². The zero-order valence-electron chi connectivity index (χ0n) is 12.9. The molecule has 21 heavy (non-hydrogen) atoms. The van der Waals surface area contributed by atoms with Crippen molar-refractivity contribution in [2.45, 2.75) is 39.2 Å². The first kappa shape index (κ1) is 14.3. The number of rotatable bonds is 3. The van der Waals surface area contributed by atoms with Gasteiger partial charge in [-0.05, 0) is 37.8 Å². The first-order chi connectivity index (χ1) is 10.2. The molecule has 1 saturated heterocycles. The number of para-hydroxylation sites is 2. The van der Waals surface area contributed by atoms with Crippen molar-refractivity contribution in [3.8, 4) is 0 Å². The van der Waals surface area contributed by atoms with Crippen molar-refractivity contribution in [1.29, 1.82) is 0 Å². The lowest BCUT2D eigenvalue weighted by atomic mass is 9.89. The summed E-state index contributed by atoms with van der Waals surface area (Å²) in [5.74, 6) is 1.81. The summed E-state index contributed by atoms with van der Waals surface area (Å²) < 4.78 is 0. The van der Waals surface area contributed by atoms with Crippen LogP contribution in [0.2, 0.25) is 0 Å². The Morgan fingerprint density at radius 3 is 2.62 bits per heavy atom. The summed E-state index contributed by atoms with van der Waals surface area (Å²) in [6.45, 7) is 6.04. The summed E-state index contributed by atoms with van der Waals surface area (Å²) in [6.07, 6.45) is 3.63. The van der Waals surface area contributed by atoms with Crippen LogP contribution in [-0.4, -0.2) is 29.1 Å². The third-order valence-corrected chi connectivity index (χ3v) is 4.67. The predicted octanol–water partition coefficient (Wildman–Crippen LogP) is 2.89. The number of nitrogens with two attached hydrogens (primary N) is 1. The van der Waals surface area contributed by atoms with Gasteiger partial charge in [-0.25, -0.2) is 9.97 Å². The van der Waals surface area contributed by atoms with Gasteiger partial charge in [0.2, 0.25) is 0 Å². The summed E-state index contributed by atoms with van der Waals surface area (Å²) in [4.78, 5) is 11.9. The van der Waals surface area contributed by atoms with Crippen LogP contribution in [0.3, 0.4) is 0 Å². The Kier molecular flexibility index (Phi) is 4.06. The summed E-state index contributed by atoms with van der Waals surface area (Å²) in [5, 5.41) is 0. The van der Waals surface area contributed by atoms with E-state index in [1.807, 2.05) is 31.2 Å². The van der Waals surface area contributed by atoms with Crippen LogP contribution in [0.4, 0.5) is 5.82 Å². The zero-order chi connectivity index (χ0) is 14.8. The fraction of sp³-hybridized carbons (Fsp3) is 0.529. The van der Waals surface area contributed by atoms with Gasteiger partial charge in [0.25, 0.3) is 0 Å². The van der Waals surface area contributed by atoms with Crippen LogP contribution in [0.25, 0.3) is 11.0 Å². The smallest absolute Gasteiger partial charge is 0.151 e. The number of nitrogens with zero attached hydrogens (tertiary/aromatic N) is 3. The number of piperidine rings is 1. The van der Waals surface area contributed by atoms with Crippen LogP contribution in [0.5, 0.6) is 0 Å². The summed E-state index contributed by atoms with van der Waals surface area (Å²) in [7, 11) is 0. The number of fused-ring (bicyclic) bond motifs is 1. The maximum absolute atomic E-state index is 6.02. The standard InChI is InChI=1S/C17H24N4/c1-3-13-8-9-21(14(10-13)11-18)17-12(2)19-15-6-4-5-7-16(15)20-17/h4-7,13-14H,3,8-11,18H2,1-2H3. The SMILES string of the molecule is CCC1CCN(c2nc3ccccc3nc2C)C(CN)C1. The predicted molar refractivity (Wildman–Crippen MR) is 87.5 cm³/mol. The van der Waals surface area contributed by atoms with Crippen molar-refractivity contribution in [3.05, 3.63) is 30.0 Å². The lowest BCUT2D eigenvalue weighted by Crippen LogP contribution is -2.47. The van der Waals surface area contributed by atoms with E-state index in [2.05, 4.69) is 11.8 Å². The molecule has 2 atom stereocenters. The molecule has 2 unspecified atom stereocenters. The van der Waals surface area contributed by atoms with Gasteiger partial charge in [-0.15, -0.1) is 0 Å². The molecule has 1 aliphatic heterocycles. The molecule has 3 rings (SSSR count). The van der Waals surface area contributed by atoms with Gasteiger partial charge in [0.15, 0.2) is 5.82 Å². The van der Waals surface area contributed by atoms with Crippen LogP contribution in [0.15, 0.2) is 24.3 Å². The van der Waals surface area contributed by atoms with Crippen molar-refractivity contribution in [1.82, 2.24) is 9.97 Å². The minimum Gasteiger partial charge on any atom is -0.351 e. The molecule has 4 heteroatoms. The van der Waals surface area contributed by atoms with Crippen molar-refractivity contribution < 1.29 is 0 Å². The van der Waals surface area contributed by atoms with Crippen LogP contribution < -0.4 is 10.6 Å². The fourth-order valence-electron chi connectivity index (χ4n) is 3.36. The van der Waals surface area contributed by atoms with Crippen LogP contribution in [0.1, 0.15) is 31.9 Å². The molecule has 1 fully saturated rings. The van der Waals surface area contributed by atoms with E-state index in [-0.39, 0.29) is 0 Å². The largest absolute Gasteiger partial charge is 0.351 e. The minimum absolute atomic E-state index is 0.387. The number of hydrogen-bond donors (Lipinski definition) is 1. The van der Waals surface area contributed by atoms with Crippen LogP contribution in [0, 0.1) is 12.8 Å². The molecule has 1 aromatic heterocycles. The first-order valence-corrected chi connectivity index (χ1v) is 7.93. The monoisotopic (exact) mass is 284 g/mol. The van der Waals surface area contributed by atoms with E-state index >= 15 is 0 Å². The molecule has 2 heterocycles. The number of aryl methyl sites for hydroxylation is 1. The second-order valence-electron chi connectivity index (χ2n) is 6.00. The summed E-state index contributed by atoms with van der Waals surface area (Å²) in [6, 6.07) is 8.45. The summed E-state index contributed by atoms with van der Waals surface area (Å²) in [5.41, 5.74) is 8.95. The van der Waals surface area contributed by atoms with Gasteiger partial charge in [-0.2, -0.15) is 0 Å². The molecule has 1 aliphatic rings. The fourth-order valence-corrected chi connectivity index (χ4v) is 3.36. The lowest BCUT2D eigenvalue weighted by molar-refractivity contribution is 0.334. The number of hydrogen-bond acceptors (Lipinski definition) is 4. The van der Waals surface area contributed by atoms with Crippen LogP contribution in [-0.2, 0) is 0 Å². The molecule has 0 spiro atoms. The molecule has 1 aromatic carbocycles. The van der Waals surface area contributed by atoms with Gasteiger partial charge in [-0.3, -0.25) is 0 Å². The van der Waals surface area contributed by atoms with E-state index in [1.165, 1.54) is 19.3 Å². The number of benzene rings is 1. The number of aromatic nitrogens is 2. The molecular weight excluding hydrogens is 260 g/mol. The van der Waals surface area contributed by atoms with Gasteiger partial charge in [0.1, 0.15) is 0 Å². The molecule has 112 valence electrons. The van der Waals surface area contributed by atoms with E-state index in [9.17, 15) is 0 Å². The highest BCUT2D eigenvalue weighted by molar-refractivity contribution is 5.76. The van der Waals surface area contributed by atoms with E-state index in [0.29, 0.717) is 12.6 Å². The molecule has 4 nitrogen and oxygen atoms in total. The second kappa shape index (κ2) is 5.98. The number of anilines is 1. The normalized spacial score (nSPS) is 22.7. The third-order valence-electron chi connectivity index (χ3n) is 4.67. The van der Waals surface area contributed by atoms with Gasteiger partial charge in [0.05, 0.1) is 16.7 Å². The Bertz CT molecular complexity index is 625. The quantitative estimate of drug-likeness (QED) is 0.941. The lowest BCUT2D eigenvalue weighted by Gasteiger charge is -2.40. The molecule has 0 radical (unpaired) electrons. The van der Waals surface area contributed by atoms with Crippen LogP contribution >= 0.6 is 0 Å². The first-order valence-electron chi connectivity index (χ1n) is 7.93. The van der Waals surface area contributed by atoms with Gasteiger partial charge < -0.3 is 10.6 Å². The Labute approximate surface area is 126 Å². The minimum atomic E-state index is 0.387. The highest BCUT2D eigenvalue weighted by Gasteiger charge is 2.28. The molecule has 2 N–H and O–H groups in total. The van der Waals surface area contributed by atoms with E-state index < -0.39 is 0 Å². The van der Waals surface area contributed by atoms with Gasteiger partial charge in [0, 0.05) is 19.1 Å². The Morgan fingerprint density at radius 1 is 1.24 bits per heavy atom.